The molecule has 2 amide bonds. The van der Waals surface area contributed by atoms with E-state index in [0.717, 1.165) is 35.8 Å². The molecule has 1 saturated carbocycles. The summed E-state index contributed by atoms with van der Waals surface area (Å²) in [4.78, 5) is 38.3. The predicted octanol–water partition coefficient (Wildman–Crippen LogP) is 3.96. The summed E-state index contributed by atoms with van der Waals surface area (Å²) in [6.07, 6.45) is 8.87. The molecule has 2 aromatic rings. The van der Waals surface area contributed by atoms with Crippen LogP contribution in [0.2, 0.25) is 0 Å². The molecule has 1 aromatic carbocycles. The highest BCUT2D eigenvalue weighted by atomic mass is 79.9. The standard InChI is InChI=1S/C21H23BrN4O2/c22-17-9-4-5-10-18(17)25-14-15(13-19(25)27)20(28)26(16-7-2-1-3-8-16)21-23-11-6-12-24-21/h4-6,9-12,15-16H,1-3,7-8,13-14H2/t15-/m1/s1. The number of halogens is 1. The summed E-state index contributed by atoms with van der Waals surface area (Å²) < 4.78 is 0.854. The fraction of sp³-hybridized carbons (Fsp3) is 0.429. The molecule has 0 spiro atoms. The van der Waals surface area contributed by atoms with E-state index in [-0.39, 0.29) is 30.2 Å². The molecular weight excluding hydrogens is 420 g/mol. The Balaban J connectivity index is 1.59. The van der Waals surface area contributed by atoms with Crippen molar-refractivity contribution in [1.29, 1.82) is 0 Å². The number of anilines is 2. The Morgan fingerprint density at radius 2 is 1.79 bits per heavy atom. The van der Waals surface area contributed by atoms with E-state index in [0.29, 0.717) is 12.5 Å². The summed E-state index contributed by atoms with van der Waals surface area (Å²) in [6.45, 7) is 0.385. The predicted molar refractivity (Wildman–Crippen MR) is 111 cm³/mol. The fourth-order valence-corrected chi connectivity index (χ4v) is 4.67. The van der Waals surface area contributed by atoms with Crippen molar-refractivity contribution in [2.75, 3.05) is 16.3 Å². The second kappa shape index (κ2) is 8.39. The van der Waals surface area contributed by atoms with Crippen molar-refractivity contribution in [1.82, 2.24) is 9.97 Å². The number of benzene rings is 1. The molecule has 0 radical (unpaired) electrons. The molecule has 4 rings (SSSR count). The lowest BCUT2D eigenvalue weighted by Crippen LogP contribution is -2.46. The molecule has 2 fully saturated rings. The normalized spacial score (nSPS) is 20.4. The van der Waals surface area contributed by atoms with Crippen LogP contribution in [-0.4, -0.2) is 34.4 Å². The Labute approximate surface area is 173 Å². The van der Waals surface area contributed by atoms with Crippen molar-refractivity contribution in [3.8, 4) is 0 Å². The summed E-state index contributed by atoms with van der Waals surface area (Å²) in [5.74, 6) is 0.000331. The van der Waals surface area contributed by atoms with Gasteiger partial charge in [0.05, 0.1) is 11.6 Å². The maximum absolute atomic E-state index is 13.5. The lowest BCUT2D eigenvalue weighted by atomic mass is 9.93. The average Bonchev–Trinajstić information content (AvgIpc) is 3.12. The average molecular weight is 443 g/mol. The zero-order chi connectivity index (χ0) is 19.5. The number of rotatable bonds is 4. The van der Waals surface area contributed by atoms with Gasteiger partial charge in [-0.1, -0.05) is 31.4 Å². The van der Waals surface area contributed by atoms with E-state index < -0.39 is 0 Å². The number of hydrogen-bond acceptors (Lipinski definition) is 4. The van der Waals surface area contributed by atoms with Gasteiger partial charge in [-0.05, 0) is 47.0 Å². The minimum Gasteiger partial charge on any atom is -0.310 e. The first-order valence-corrected chi connectivity index (χ1v) is 10.6. The van der Waals surface area contributed by atoms with Crippen LogP contribution in [0.3, 0.4) is 0 Å². The van der Waals surface area contributed by atoms with Crippen LogP contribution in [0.1, 0.15) is 38.5 Å². The molecular formula is C21H23BrN4O2. The molecule has 1 atom stereocenters. The van der Waals surface area contributed by atoms with Crippen molar-refractivity contribution < 1.29 is 9.59 Å². The minimum absolute atomic E-state index is 0.0252. The molecule has 7 heteroatoms. The lowest BCUT2D eigenvalue weighted by molar-refractivity contribution is -0.124. The second-order valence-electron chi connectivity index (χ2n) is 7.41. The van der Waals surface area contributed by atoms with Gasteiger partial charge in [0.2, 0.25) is 17.8 Å². The smallest absolute Gasteiger partial charge is 0.235 e. The van der Waals surface area contributed by atoms with Gasteiger partial charge in [0.25, 0.3) is 0 Å². The maximum Gasteiger partial charge on any atom is 0.235 e. The first kappa shape index (κ1) is 19.1. The SMILES string of the molecule is O=C1C[C@@H](C(=O)N(c2ncccn2)C2CCCCC2)CN1c1ccccc1Br. The third-order valence-corrected chi connectivity index (χ3v) is 6.23. The van der Waals surface area contributed by atoms with E-state index in [2.05, 4.69) is 25.9 Å². The molecule has 1 saturated heterocycles. The fourth-order valence-electron chi connectivity index (χ4n) is 4.17. The summed E-state index contributed by atoms with van der Waals surface area (Å²) in [5, 5.41) is 0. The van der Waals surface area contributed by atoms with Crippen LogP contribution >= 0.6 is 15.9 Å². The number of hydrogen-bond donors (Lipinski definition) is 0. The third-order valence-electron chi connectivity index (χ3n) is 5.56. The van der Waals surface area contributed by atoms with E-state index in [4.69, 9.17) is 0 Å². The first-order valence-electron chi connectivity index (χ1n) is 9.80. The van der Waals surface area contributed by atoms with Crippen LogP contribution in [0, 0.1) is 5.92 Å². The highest BCUT2D eigenvalue weighted by Crippen LogP contribution is 2.34. The maximum atomic E-state index is 13.5. The van der Waals surface area contributed by atoms with Crippen LogP contribution < -0.4 is 9.80 Å². The molecule has 0 bridgehead atoms. The minimum atomic E-state index is -0.384. The molecule has 2 heterocycles. The van der Waals surface area contributed by atoms with Crippen molar-refractivity contribution in [3.05, 3.63) is 47.2 Å². The zero-order valence-corrected chi connectivity index (χ0v) is 17.2. The largest absolute Gasteiger partial charge is 0.310 e. The van der Waals surface area contributed by atoms with Crippen molar-refractivity contribution in [2.24, 2.45) is 5.92 Å². The summed E-state index contributed by atoms with van der Waals surface area (Å²) in [5.41, 5.74) is 0.808. The molecule has 1 aromatic heterocycles. The number of nitrogens with zero attached hydrogens (tertiary/aromatic N) is 4. The van der Waals surface area contributed by atoms with Gasteiger partial charge in [-0.3, -0.25) is 14.5 Å². The topological polar surface area (TPSA) is 66.4 Å². The van der Waals surface area contributed by atoms with Gasteiger partial charge >= 0.3 is 0 Å². The second-order valence-corrected chi connectivity index (χ2v) is 8.26. The highest BCUT2D eigenvalue weighted by molar-refractivity contribution is 9.10. The molecule has 1 aliphatic carbocycles. The lowest BCUT2D eigenvalue weighted by Gasteiger charge is -2.34. The van der Waals surface area contributed by atoms with E-state index in [1.54, 1.807) is 28.3 Å². The van der Waals surface area contributed by atoms with E-state index >= 15 is 0 Å². The number of aromatic nitrogens is 2. The molecule has 0 unspecified atom stereocenters. The molecule has 0 N–H and O–H groups in total. The summed E-state index contributed by atoms with van der Waals surface area (Å²) in [6, 6.07) is 9.47. The van der Waals surface area contributed by atoms with Gasteiger partial charge in [-0.15, -0.1) is 0 Å². The highest BCUT2D eigenvalue weighted by Gasteiger charge is 2.40. The number of carbonyl (C=O) groups is 2. The Morgan fingerprint density at radius 3 is 2.50 bits per heavy atom. The Hall–Kier alpha value is -2.28. The molecule has 6 nitrogen and oxygen atoms in total. The van der Waals surface area contributed by atoms with Crippen molar-refractivity contribution in [2.45, 2.75) is 44.6 Å². The zero-order valence-electron chi connectivity index (χ0n) is 15.6. The van der Waals surface area contributed by atoms with Crippen molar-refractivity contribution >= 4 is 39.4 Å². The number of amides is 2. The van der Waals surface area contributed by atoms with Gasteiger partial charge in [0.15, 0.2) is 0 Å². The molecule has 146 valence electrons. The van der Waals surface area contributed by atoms with E-state index in [1.165, 1.54) is 6.42 Å². The van der Waals surface area contributed by atoms with Crippen LogP contribution in [0.25, 0.3) is 0 Å². The first-order chi connectivity index (χ1) is 13.6. The van der Waals surface area contributed by atoms with Crippen LogP contribution in [0.4, 0.5) is 11.6 Å². The quantitative estimate of drug-likeness (QED) is 0.718. The molecule has 28 heavy (non-hydrogen) atoms. The van der Waals surface area contributed by atoms with E-state index in [1.807, 2.05) is 24.3 Å². The van der Waals surface area contributed by atoms with Gasteiger partial charge in [-0.25, -0.2) is 9.97 Å². The van der Waals surface area contributed by atoms with E-state index in [9.17, 15) is 9.59 Å². The summed E-state index contributed by atoms with van der Waals surface area (Å²) >= 11 is 3.51. The van der Waals surface area contributed by atoms with Gasteiger partial charge < -0.3 is 4.90 Å². The Kier molecular flexibility index (Phi) is 5.71. The van der Waals surface area contributed by atoms with Gasteiger partial charge in [-0.2, -0.15) is 0 Å². The third kappa shape index (κ3) is 3.81. The molecule has 2 aliphatic rings. The molecule has 1 aliphatic heterocycles. The number of para-hydroxylation sites is 1. The van der Waals surface area contributed by atoms with Gasteiger partial charge in [0.1, 0.15) is 0 Å². The van der Waals surface area contributed by atoms with Crippen LogP contribution in [-0.2, 0) is 9.59 Å². The van der Waals surface area contributed by atoms with Crippen molar-refractivity contribution in [3.63, 3.8) is 0 Å². The summed E-state index contributed by atoms with van der Waals surface area (Å²) in [7, 11) is 0. The Morgan fingerprint density at radius 1 is 1.07 bits per heavy atom. The van der Waals surface area contributed by atoms with Crippen LogP contribution in [0.5, 0.6) is 0 Å². The Bertz CT molecular complexity index is 854. The number of carbonyl (C=O) groups excluding carboxylic acids is 2. The van der Waals surface area contributed by atoms with Gasteiger partial charge in [0, 0.05) is 35.9 Å². The van der Waals surface area contributed by atoms with Crippen LogP contribution in [0.15, 0.2) is 47.2 Å². The monoisotopic (exact) mass is 442 g/mol.